The van der Waals surface area contributed by atoms with Crippen molar-refractivity contribution >= 4 is 5.97 Å². The molecule has 4 saturated carbocycles. The molecule has 0 aliphatic heterocycles. The summed E-state index contributed by atoms with van der Waals surface area (Å²) in [4.78, 5) is 12.0. The van der Waals surface area contributed by atoms with Gasteiger partial charge in [-0.2, -0.15) is 0 Å². The molecule has 0 heterocycles. The molecule has 2 heteroatoms. The maximum absolute atomic E-state index is 12.0. The van der Waals surface area contributed by atoms with Crippen LogP contribution in [0.5, 0.6) is 0 Å². The maximum Gasteiger partial charge on any atom is 0.306 e. The largest absolute Gasteiger partial charge is 0.459 e. The highest BCUT2D eigenvalue weighted by Gasteiger charge is 2.53. The quantitative estimate of drug-likeness (QED) is 0.356. The molecule has 2 nitrogen and oxygen atoms in total. The van der Waals surface area contributed by atoms with E-state index in [0.717, 1.165) is 37.5 Å². The molecule has 4 fully saturated rings. The number of unbranched alkanes of at least 4 members (excludes halogenated alkanes) is 2. The normalized spacial score (nSPS) is 37.8. The van der Waals surface area contributed by atoms with Crippen molar-refractivity contribution < 1.29 is 9.53 Å². The molecule has 144 valence electrons. The Bertz CT molecular complexity index is 409. The molecule has 4 rings (SSSR count). The summed E-state index contributed by atoms with van der Waals surface area (Å²) >= 11 is 0. The standard InChI is InChI=1S/C23H40O2/c1-3-5-6-8-19-9-11-20(12-10-19)22-13-16-23(17-14-22,18-15-22)25-21(24)7-4-2/h19-20H,3-18H2,1-2H3. The Morgan fingerprint density at radius 2 is 1.52 bits per heavy atom. The Hall–Kier alpha value is -0.530. The molecule has 0 spiro atoms. The summed E-state index contributed by atoms with van der Waals surface area (Å²) < 4.78 is 5.97. The van der Waals surface area contributed by atoms with Gasteiger partial charge >= 0.3 is 5.97 Å². The highest BCUT2D eigenvalue weighted by Crippen LogP contribution is 2.60. The van der Waals surface area contributed by atoms with E-state index >= 15 is 0 Å². The van der Waals surface area contributed by atoms with Gasteiger partial charge in [0, 0.05) is 6.42 Å². The number of fused-ring (bicyclic) bond motifs is 3. The SMILES string of the molecule is CCCCCC1CCC(C23CCC(OC(=O)CCC)(CC2)CC3)CC1. The minimum atomic E-state index is -0.0780. The van der Waals surface area contributed by atoms with E-state index in [1.165, 1.54) is 70.6 Å². The van der Waals surface area contributed by atoms with E-state index in [1.54, 1.807) is 0 Å². The average molecular weight is 349 g/mol. The number of hydrogen-bond donors (Lipinski definition) is 0. The van der Waals surface area contributed by atoms with Crippen LogP contribution in [-0.2, 0) is 9.53 Å². The third-order valence-corrected chi connectivity index (χ3v) is 7.95. The molecule has 0 atom stereocenters. The summed E-state index contributed by atoms with van der Waals surface area (Å²) in [7, 11) is 0. The fourth-order valence-electron chi connectivity index (χ4n) is 6.19. The fourth-order valence-corrected chi connectivity index (χ4v) is 6.19. The molecule has 0 aromatic rings. The van der Waals surface area contributed by atoms with Gasteiger partial charge in [0.05, 0.1) is 0 Å². The van der Waals surface area contributed by atoms with E-state index in [1.807, 2.05) is 0 Å². The first-order valence-corrected chi connectivity index (χ1v) is 11.3. The van der Waals surface area contributed by atoms with Gasteiger partial charge in [-0.3, -0.25) is 4.79 Å². The summed E-state index contributed by atoms with van der Waals surface area (Å²) in [5, 5.41) is 0. The van der Waals surface area contributed by atoms with Gasteiger partial charge < -0.3 is 4.74 Å². The third kappa shape index (κ3) is 4.42. The fraction of sp³-hybridized carbons (Fsp3) is 0.957. The van der Waals surface area contributed by atoms with Gasteiger partial charge in [0.25, 0.3) is 0 Å². The zero-order chi connectivity index (χ0) is 17.8. The predicted octanol–water partition coefficient (Wildman–Crippen LogP) is 6.81. The molecule has 0 radical (unpaired) electrons. The first kappa shape index (κ1) is 19.2. The van der Waals surface area contributed by atoms with Gasteiger partial charge in [0.15, 0.2) is 0 Å². The second-order valence-electron chi connectivity index (χ2n) is 9.48. The highest BCUT2D eigenvalue weighted by molar-refractivity contribution is 5.69. The number of carbonyl (C=O) groups excluding carboxylic acids is 1. The Morgan fingerprint density at radius 1 is 0.880 bits per heavy atom. The molecule has 0 aromatic heterocycles. The van der Waals surface area contributed by atoms with Crippen molar-refractivity contribution in [3.05, 3.63) is 0 Å². The summed E-state index contributed by atoms with van der Waals surface area (Å²) in [6.45, 7) is 4.37. The van der Waals surface area contributed by atoms with Gasteiger partial charge in [0.2, 0.25) is 0 Å². The van der Waals surface area contributed by atoms with Gasteiger partial charge in [-0.15, -0.1) is 0 Å². The molecule has 0 N–H and O–H groups in total. The van der Waals surface area contributed by atoms with Crippen LogP contribution < -0.4 is 0 Å². The van der Waals surface area contributed by atoms with E-state index in [0.29, 0.717) is 11.8 Å². The third-order valence-electron chi connectivity index (χ3n) is 7.95. The van der Waals surface area contributed by atoms with Crippen molar-refractivity contribution in [2.75, 3.05) is 0 Å². The summed E-state index contributed by atoms with van der Waals surface area (Å²) in [5.74, 6) is 2.02. The Morgan fingerprint density at radius 3 is 2.08 bits per heavy atom. The Kier molecular flexibility index (Phi) is 6.49. The van der Waals surface area contributed by atoms with E-state index in [-0.39, 0.29) is 11.6 Å². The second kappa shape index (κ2) is 8.44. The lowest BCUT2D eigenvalue weighted by molar-refractivity contribution is -0.182. The van der Waals surface area contributed by atoms with Crippen LogP contribution in [0, 0.1) is 17.3 Å². The molecular formula is C23H40O2. The van der Waals surface area contributed by atoms with Crippen LogP contribution in [0.4, 0.5) is 0 Å². The van der Waals surface area contributed by atoms with Crippen LogP contribution in [0.2, 0.25) is 0 Å². The number of rotatable bonds is 8. The van der Waals surface area contributed by atoms with Crippen molar-refractivity contribution in [3.8, 4) is 0 Å². The Labute approximate surface area is 155 Å². The minimum absolute atomic E-state index is 0.0458. The van der Waals surface area contributed by atoms with E-state index in [2.05, 4.69) is 13.8 Å². The number of esters is 1. The van der Waals surface area contributed by atoms with Gasteiger partial charge in [-0.05, 0) is 75.0 Å². The summed E-state index contributed by atoms with van der Waals surface area (Å²) in [6.07, 6.45) is 20.5. The molecule has 0 saturated heterocycles. The molecule has 0 amide bonds. The number of ether oxygens (including phenoxy) is 1. The van der Waals surface area contributed by atoms with Gasteiger partial charge in [0.1, 0.15) is 5.60 Å². The zero-order valence-electron chi connectivity index (χ0n) is 16.8. The van der Waals surface area contributed by atoms with Crippen LogP contribution in [0.25, 0.3) is 0 Å². The van der Waals surface area contributed by atoms with Crippen molar-refractivity contribution in [2.24, 2.45) is 17.3 Å². The maximum atomic E-state index is 12.0. The molecule has 0 aromatic carbocycles. The number of hydrogen-bond acceptors (Lipinski definition) is 2. The molecule has 2 bridgehead atoms. The van der Waals surface area contributed by atoms with Crippen LogP contribution in [0.15, 0.2) is 0 Å². The first-order valence-electron chi connectivity index (χ1n) is 11.3. The van der Waals surface area contributed by atoms with E-state index < -0.39 is 0 Å². The van der Waals surface area contributed by atoms with Crippen molar-refractivity contribution in [2.45, 2.75) is 122 Å². The summed E-state index contributed by atoms with van der Waals surface area (Å²) in [5.41, 5.74) is 0.526. The van der Waals surface area contributed by atoms with Crippen LogP contribution in [0.3, 0.4) is 0 Å². The minimum Gasteiger partial charge on any atom is -0.459 e. The molecule has 0 unspecified atom stereocenters. The molecular weight excluding hydrogens is 308 g/mol. The van der Waals surface area contributed by atoms with Crippen molar-refractivity contribution in [1.29, 1.82) is 0 Å². The lowest BCUT2D eigenvalue weighted by atomic mass is 9.51. The number of carbonyl (C=O) groups is 1. The lowest BCUT2D eigenvalue weighted by Gasteiger charge is -2.56. The van der Waals surface area contributed by atoms with E-state index in [4.69, 9.17) is 4.74 Å². The van der Waals surface area contributed by atoms with E-state index in [9.17, 15) is 4.79 Å². The van der Waals surface area contributed by atoms with Gasteiger partial charge in [-0.1, -0.05) is 52.4 Å². The molecule has 4 aliphatic rings. The summed E-state index contributed by atoms with van der Waals surface area (Å²) in [6, 6.07) is 0. The predicted molar refractivity (Wildman–Crippen MR) is 103 cm³/mol. The molecule has 4 aliphatic carbocycles. The van der Waals surface area contributed by atoms with Crippen molar-refractivity contribution in [1.82, 2.24) is 0 Å². The first-order chi connectivity index (χ1) is 12.1. The highest BCUT2D eigenvalue weighted by atomic mass is 16.6. The van der Waals surface area contributed by atoms with Crippen LogP contribution in [0.1, 0.15) is 117 Å². The molecule has 25 heavy (non-hydrogen) atoms. The zero-order valence-corrected chi connectivity index (χ0v) is 16.8. The van der Waals surface area contributed by atoms with Crippen LogP contribution >= 0.6 is 0 Å². The average Bonchev–Trinajstić information content (AvgIpc) is 2.64. The monoisotopic (exact) mass is 348 g/mol. The lowest BCUT2D eigenvalue weighted by Crippen LogP contribution is -2.51. The second-order valence-corrected chi connectivity index (χ2v) is 9.48. The Balaban J connectivity index is 1.47. The van der Waals surface area contributed by atoms with Crippen molar-refractivity contribution in [3.63, 3.8) is 0 Å². The van der Waals surface area contributed by atoms with Gasteiger partial charge in [-0.25, -0.2) is 0 Å². The smallest absolute Gasteiger partial charge is 0.306 e. The topological polar surface area (TPSA) is 26.3 Å². The van der Waals surface area contributed by atoms with Crippen LogP contribution in [-0.4, -0.2) is 11.6 Å².